The Morgan fingerprint density at radius 3 is 3.06 bits per heavy atom. The highest BCUT2D eigenvalue weighted by Gasteiger charge is 2.27. The minimum Gasteiger partial charge on any atom is -0.376 e. The minimum absolute atomic E-state index is 0.0690. The number of nitrogens with zero attached hydrogens (tertiary/aromatic N) is 2. The normalized spacial score (nSPS) is 23.0. The van der Waals surface area contributed by atoms with Crippen LogP contribution < -0.4 is 10.6 Å². The van der Waals surface area contributed by atoms with Gasteiger partial charge in [0, 0.05) is 13.2 Å². The molecule has 2 rings (SSSR count). The van der Waals surface area contributed by atoms with Crippen LogP contribution in [0.5, 0.6) is 0 Å². The molecule has 0 saturated carbocycles. The first-order chi connectivity index (χ1) is 8.70. The van der Waals surface area contributed by atoms with E-state index >= 15 is 0 Å². The van der Waals surface area contributed by atoms with Crippen LogP contribution in [-0.4, -0.2) is 41.4 Å². The van der Waals surface area contributed by atoms with Crippen molar-refractivity contribution in [1.82, 2.24) is 15.5 Å². The minimum atomic E-state index is -0.167. The van der Waals surface area contributed by atoms with E-state index in [0.29, 0.717) is 16.7 Å². The van der Waals surface area contributed by atoms with Gasteiger partial charge >= 0.3 is 0 Å². The second kappa shape index (κ2) is 6.10. The van der Waals surface area contributed by atoms with Crippen LogP contribution >= 0.6 is 11.3 Å². The van der Waals surface area contributed by atoms with Gasteiger partial charge in [-0.3, -0.25) is 4.79 Å². The second-order valence-electron chi connectivity index (χ2n) is 4.28. The molecule has 18 heavy (non-hydrogen) atoms. The van der Waals surface area contributed by atoms with E-state index in [2.05, 4.69) is 27.8 Å². The van der Waals surface area contributed by atoms with Gasteiger partial charge in [0.25, 0.3) is 5.91 Å². The van der Waals surface area contributed by atoms with Gasteiger partial charge < -0.3 is 15.4 Å². The highest BCUT2D eigenvalue weighted by Crippen LogP contribution is 2.17. The van der Waals surface area contributed by atoms with E-state index in [-0.39, 0.29) is 18.1 Å². The maximum Gasteiger partial charge on any atom is 0.282 e. The number of rotatable bonds is 5. The number of nitrogens with one attached hydrogen (secondary N) is 2. The van der Waals surface area contributed by atoms with Gasteiger partial charge in [-0.1, -0.05) is 18.3 Å². The highest BCUT2D eigenvalue weighted by atomic mass is 32.1. The van der Waals surface area contributed by atoms with Crippen molar-refractivity contribution in [3.8, 4) is 0 Å². The molecular formula is C11H18N4O2S. The summed E-state index contributed by atoms with van der Waals surface area (Å²) in [5, 5.41) is 15.0. The molecule has 0 aliphatic carbocycles. The number of aromatic nitrogens is 2. The quantitative estimate of drug-likeness (QED) is 0.842. The fraction of sp³-hybridized carbons (Fsp3) is 0.727. The van der Waals surface area contributed by atoms with Gasteiger partial charge in [-0.25, -0.2) is 0 Å². The average Bonchev–Trinajstić information content (AvgIpc) is 2.97. The van der Waals surface area contributed by atoms with Crippen LogP contribution in [0.25, 0.3) is 0 Å². The summed E-state index contributed by atoms with van der Waals surface area (Å²) in [6.07, 6.45) is 1.93. The summed E-state index contributed by atoms with van der Waals surface area (Å²) < 4.78 is 5.40. The third-order valence-electron chi connectivity index (χ3n) is 2.84. The zero-order chi connectivity index (χ0) is 13.0. The van der Waals surface area contributed by atoms with E-state index < -0.39 is 0 Å². The van der Waals surface area contributed by atoms with Crippen molar-refractivity contribution >= 4 is 22.4 Å². The lowest BCUT2D eigenvalue weighted by molar-refractivity contribution is 0.0865. The van der Waals surface area contributed by atoms with Crippen LogP contribution in [0.1, 0.15) is 36.5 Å². The van der Waals surface area contributed by atoms with Crippen LogP contribution in [0.4, 0.5) is 5.13 Å². The lowest BCUT2D eigenvalue weighted by Crippen LogP contribution is -2.39. The Balaban J connectivity index is 1.90. The largest absolute Gasteiger partial charge is 0.376 e. The molecule has 0 spiro atoms. The van der Waals surface area contributed by atoms with E-state index in [4.69, 9.17) is 4.74 Å². The van der Waals surface area contributed by atoms with E-state index in [1.807, 2.05) is 6.92 Å². The van der Waals surface area contributed by atoms with Crippen LogP contribution in [0, 0.1) is 0 Å². The predicted molar refractivity (Wildman–Crippen MR) is 70.0 cm³/mol. The molecule has 1 aliphatic rings. The average molecular weight is 270 g/mol. The summed E-state index contributed by atoms with van der Waals surface area (Å²) in [6.45, 7) is 5.57. The van der Waals surface area contributed by atoms with Gasteiger partial charge in [0.05, 0.1) is 12.1 Å². The molecule has 1 saturated heterocycles. The zero-order valence-electron chi connectivity index (χ0n) is 10.6. The van der Waals surface area contributed by atoms with Gasteiger partial charge in [-0.05, 0) is 19.8 Å². The van der Waals surface area contributed by atoms with E-state index in [0.717, 1.165) is 19.4 Å². The van der Waals surface area contributed by atoms with Crippen LogP contribution in [0.3, 0.4) is 0 Å². The van der Waals surface area contributed by atoms with Crippen molar-refractivity contribution in [2.45, 2.75) is 38.8 Å². The molecule has 2 heterocycles. The molecule has 1 aromatic heterocycles. The first-order valence-electron chi connectivity index (χ1n) is 6.20. The number of carbonyl (C=O) groups is 1. The molecular weight excluding hydrogens is 252 g/mol. The van der Waals surface area contributed by atoms with Crippen molar-refractivity contribution in [1.29, 1.82) is 0 Å². The summed E-state index contributed by atoms with van der Waals surface area (Å²) in [5.41, 5.74) is 0. The Morgan fingerprint density at radius 1 is 1.56 bits per heavy atom. The molecule has 0 aromatic carbocycles. The summed E-state index contributed by atoms with van der Waals surface area (Å²) in [4.78, 5) is 11.9. The maximum absolute atomic E-state index is 11.9. The van der Waals surface area contributed by atoms with Crippen molar-refractivity contribution < 1.29 is 9.53 Å². The number of carbonyl (C=O) groups excluding carboxylic acids is 1. The monoisotopic (exact) mass is 270 g/mol. The van der Waals surface area contributed by atoms with Crippen molar-refractivity contribution in [2.75, 3.05) is 18.5 Å². The third-order valence-corrected chi connectivity index (χ3v) is 3.72. The van der Waals surface area contributed by atoms with Gasteiger partial charge in [0.15, 0.2) is 0 Å². The van der Waals surface area contributed by atoms with Gasteiger partial charge in [-0.2, -0.15) is 0 Å². The molecule has 1 aromatic rings. The molecule has 2 atom stereocenters. The van der Waals surface area contributed by atoms with E-state index in [1.54, 1.807) is 0 Å². The van der Waals surface area contributed by atoms with Crippen molar-refractivity contribution in [3.05, 3.63) is 5.01 Å². The molecule has 2 unspecified atom stereocenters. The number of hydrogen-bond acceptors (Lipinski definition) is 6. The summed E-state index contributed by atoms with van der Waals surface area (Å²) in [6, 6.07) is 0.0773. The van der Waals surface area contributed by atoms with Crippen LogP contribution in [0.15, 0.2) is 0 Å². The summed E-state index contributed by atoms with van der Waals surface area (Å²) >= 11 is 1.28. The van der Waals surface area contributed by atoms with Gasteiger partial charge in [0.1, 0.15) is 0 Å². The summed E-state index contributed by atoms with van der Waals surface area (Å²) in [5.74, 6) is -0.167. The highest BCUT2D eigenvalue weighted by molar-refractivity contribution is 7.17. The molecule has 1 fully saturated rings. The number of anilines is 1. The van der Waals surface area contributed by atoms with Crippen LogP contribution in [-0.2, 0) is 4.74 Å². The Bertz CT molecular complexity index is 410. The summed E-state index contributed by atoms with van der Waals surface area (Å²) in [7, 11) is 0. The van der Waals surface area contributed by atoms with E-state index in [9.17, 15) is 4.79 Å². The molecule has 7 heteroatoms. The predicted octanol–water partition coefficient (Wildman–Crippen LogP) is 1.27. The molecule has 2 N–H and O–H groups in total. The topological polar surface area (TPSA) is 76.1 Å². The van der Waals surface area contributed by atoms with Crippen molar-refractivity contribution in [2.24, 2.45) is 0 Å². The first kappa shape index (κ1) is 13.2. The Hall–Kier alpha value is -1.21. The third kappa shape index (κ3) is 3.17. The standard InChI is InChI=1S/C11H18N4O2S/c1-3-5-12-11-15-14-10(18-11)9(16)13-8-4-6-17-7(8)2/h7-8H,3-6H2,1-2H3,(H,12,15)(H,13,16). The van der Waals surface area contributed by atoms with Gasteiger partial charge in [0.2, 0.25) is 10.1 Å². The number of ether oxygens (including phenoxy) is 1. The molecule has 1 amide bonds. The lowest BCUT2D eigenvalue weighted by atomic mass is 10.1. The number of hydrogen-bond donors (Lipinski definition) is 2. The lowest BCUT2D eigenvalue weighted by Gasteiger charge is -2.14. The number of amides is 1. The second-order valence-corrected chi connectivity index (χ2v) is 5.26. The molecule has 1 aliphatic heterocycles. The Kier molecular flexibility index (Phi) is 4.48. The molecule has 0 radical (unpaired) electrons. The fourth-order valence-corrected chi connectivity index (χ4v) is 2.44. The molecule has 6 nitrogen and oxygen atoms in total. The molecule has 0 bridgehead atoms. The SMILES string of the molecule is CCCNc1nnc(C(=O)NC2CCOC2C)s1. The van der Waals surface area contributed by atoms with E-state index in [1.165, 1.54) is 11.3 Å². The fourth-order valence-electron chi connectivity index (χ4n) is 1.77. The first-order valence-corrected chi connectivity index (χ1v) is 7.02. The van der Waals surface area contributed by atoms with Crippen molar-refractivity contribution in [3.63, 3.8) is 0 Å². The Morgan fingerprint density at radius 2 is 2.39 bits per heavy atom. The van der Waals surface area contributed by atoms with Gasteiger partial charge in [-0.15, -0.1) is 10.2 Å². The zero-order valence-corrected chi connectivity index (χ0v) is 11.4. The maximum atomic E-state index is 11.9. The molecule has 100 valence electrons. The smallest absolute Gasteiger partial charge is 0.282 e. The Labute approximate surface area is 110 Å². The van der Waals surface area contributed by atoms with Crippen LogP contribution in [0.2, 0.25) is 0 Å².